The highest BCUT2D eigenvalue weighted by Gasteiger charge is 2.41. The molecule has 3 heterocycles. The van der Waals surface area contributed by atoms with E-state index in [9.17, 15) is 9.59 Å². The van der Waals surface area contributed by atoms with Crippen molar-refractivity contribution >= 4 is 16.8 Å². The molecule has 1 saturated heterocycles. The number of nitrogens with one attached hydrogen (secondary N) is 1. The second-order valence-corrected chi connectivity index (χ2v) is 7.51. The molecule has 6 heteroatoms. The number of benzene rings is 1. The molecule has 136 valence electrons. The van der Waals surface area contributed by atoms with Crippen molar-refractivity contribution in [2.24, 2.45) is 5.92 Å². The van der Waals surface area contributed by atoms with Gasteiger partial charge >= 0.3 is 0 Å². The van der Waals surface area contributed by atoms with Crippen molar-refractivity contribution < 1.29 is 4.79 Å². The fourth-order valence-corrected chi connectivity index (χ4v) is 4.60. The van der Waals surface area contributed by atoms with Crippen LogP contribution in [0.3, 0.4) is 0 Å². The summed E-state index contributed by atoms with van der Waals surface area (Å²) < 4.78 is 0. The lowest BCUT2D eigenvalue weighted by molar-refractivity contribution is 0.0787. The molecular formula is C21H20N4O2. The Morgan fingerprint density at radius 1 is 1.22 bits per heavy atom. The third kappa shape index (κ3) is 2.55. The van der Waals surface area contributed by atoms with E-state index < -0.39 is 0 Å². The molecule has 1 N–H and O–H groups in total. The number of aryl methyl sites for hydroxylation is 1. The summed E-state index contributed by atoms with van der Waals surface area (Å²) in [4.78, 5) is 39.3. The molecule has 1 fully saturated rings. The van der Waals surface area contributed by atoms with Gasteiger partial charge in [0.15, 0.2) is 0 Å². The second kappa shape index (κ2) is 6.01. The first-order valence-electron chi connectivity index (χ1n) is 9.34. The zero-order valence-corrected chi connectivity index (χ0v) is 15.1. The molecule has 2 aromatic heterocycles. The number of nitrogens with zero attached hydrogens (tertiary/aromatic N) is 3. The van der Waals surface area contributed by atoms with Crippen LogP contribution in [-0.2, 0) is 6.42 Å². The Hall–Kier alpha value is -3.02. The van der Waals surface area contributed by atoms with Crippen molar-refractivity contribution in [3.05, 3.63) is 69.5 Å². The summed E-state index contributed by atoms with van der Waals surface area (Å²) in [6, 6.07) is 9.57. The van der Waals surface area contributed by atoms with Crippen molar-refractivity contribution in [1.29, 1.82) is 0 Å². The van der Waals surface area contributed by atoms with Gasteiger partial charge in [0.25, 0.3) is 11.5 Å². The Labute approximate surface area is 156 Å². The number of para-hydroxylation sites is 1. The lowest BCUT2D eigenvalue weighted by Crippen LogP contribution is -2.29. The molecule has 0 saturated carbocycles. The molecule has 1 aliphatic heterocycles. The quantitative estimate of drug-likeness (QED) is 0.723. The fraction of sp³-hybridized carbons (Fsp3) is 0.333. The van der Waals surface area contributed by atoms with E-state index in [4.69, 9.17) is 0 Å². The number of pyridine rings is 1. The Kier molecular flexibility index (Phi) is 3.60. The van der Waals surface area contributed by atoms with Crippen molar-refractivity contribution in [3.8, 4) is 0 Å². The second-order valence-electron chi connectivity index (χ2n) is 7.51. The van der Waals surface area contributed by atoms with E-state index in [2.05, 4.69) is 15.0 Å². The number of hydrogen-bond donors (Lipinski definition) is 1. The van der Waals surface area contributed by atoms with E-state index in [1.165, 1.54) is 0 Å². The standard InChI is InChI=1S/C21H20N4O2/c1-12-23-19-15(20(26)24-12)8-7-14-10-25(11-17(14)19)21(27)16-6-2-4-13-5-3-9-22-18(13)16/h2-6,9,14,17H,7-8,10-11H2,1H3,(H,23,24,26)/t14-,17+/m1/s1. The predicted octanol–water partition coefficient (Wildman–Crippen LogP) is 2.43. The first-order valence-corrected chi connectivity index (χ1v) is 9.34. The molecule has 1 amide bonds. The summed E-state index contributed by atoms with van der Waals surface area (Å²) in [6.07, 6.45) is 3.37. The highest BCUT2D eigenvalue weighted by atomic mass is 16.2. The number of likely N-dealkylation sites (tertiary alicyclic amines) is 1. The number of aromatic nitrogens is 3. The van der Waals surface area contributed by atoms with Crippen LogP contribution in [-0.4, -0.2) is 38.8 Å². The van der Waals surface area contributed by atoms with Gasteiger partial charge in [-0.25, -0.2) is 4.98 Å². The Morgan fingerprint density at radius 3 is 2.96 bits per heavy atom. The highest BCUT2D eigenvalue weighted by Crippen LogP contribution is 2.40. The Balaban J connectivity index is 1.50. The van der Waals surface area contributed by atoms with Crippen LogP contribution in [0.4, 0.5) is 0 Å². The molecule has 0 radical (unpaired) electrons. The summed E-state index contributed by atoms with van der Waals surface area (Å²) in [7, 11) is 0. The van der Waals surface area contributed by atoms with Crippen LogP contribution in [0.2, 0.25) is 0 Å². The summed E-state index contributed by atoms with van der Waals surface area (Å²) in [5.41, 5.74) is 3.04. The number of carbonyl (C=O) groups is 1. The lowest BCUT2D eigenvalue weighted by atomic mass is 9.80. The predicted molar refractivity (Wildman–Crippen MR) is 102 cm³/mol. The van der Waals surface area contributed by atoms with Gasteiger partial charge in [-0.1, -0.05) is 18.2 Å². The molecule has 6 nitrogen and oxygen atoms in total. The number of fused-ring (bicyclic) bond motifs is 4. The molecule has 1 aromatic carbocycles. The number of amides is 1. The summed E-state index contributed by atoms with van der Waals surface area (Å²) in [6.45, 7) is 3.13. The van der Waals surface area contributed by atoms with E-state index in [0.29, 0.717) is 30.4 Å². The number of H-pyrrole nitrogens is 1. The average molecular weight is 360 g/mol. The van der Waals surface area contributed by atoms with Crippen LogP contribution in [0.25, 0.3) is 10.9 Å². The zero-order chi connectivity index (χ0) is 18.5. The van der Waals surface area contributed by atoms with Crippen LogP contribution >= 0.6 is 0 Å². The minimum Gasteiger partial charge on any atom is -0.338 e. The number of carbonyl (C=O) groups excluding carboxylic acids is 1. The SMILES string of the molecule is Cc1nc2c(c(=O)[nH]1)CC[C@@H]1CN(C(=O)c3cccc4cccnc34)C[C@H]21. The molecule has 2 aliphatic rings. The lowest BCUT2D eigenvalue weighted by Gasteiger charge is -2.25. The van der Waals surface area contributed by atoms with Gasteiger partial charge in [0.1, 0.15) is 5.82 Å². The van der Waals surface area contributed by atoms with Gasteiger partial charge in [-0.15, -0.1) is 0 Å². The van der Waals surface area contributed by atoms with Gasteiger partial charge in [0.05, 0.1) is 16.8 Å². The van der Waals surface area contributed by atoms with Crippen LogP contribution < -0.4 is 5.56 Å². The van der Waals surface area contributed by atoms with Crippen LogP contribution in [0.1, 0.15) is 39.8 Å². The van der Waals surface area contributed by atoms with E-state index in [1.807, 2.05) is 42.2 Å². The summed E-state index contributed by atoms with van der Waals surface area (Å²) >= 11 is 0. The minimum atomic E-state index is -0.0287. The zero-order valence-electron chi connectivity index (χ0n) is 15.1. The molecule has 3 aromatic rings. The van der Waals surface area contributed by atoms with Gasteiger partial charge in [-0.3, -0.25) is 14.6 Å². The average Bonchev–Trinajstić information content (AvgIpc) is 3.12. The minimum absolute atomic E-state index is 0.0109. The maximum absolute atomic E-state index is 13.2. The van der Waals surface area contributed by atoms with Gasteiger partial charge in [0.2, 0.25) is 0 Å². The van der Waals surface area contributed by atoms with Gasteiger partial charge in [-0.05, 0) is 37.8 Å². The van der Waals surface area contributed by atoms with Gasteiger partial charge < -0.3 is 9.88 Å². The monoisotopic (exact) mass is 360 g/mol. The van der Waals surface area contributed by atoms with Crippen LogP contribution in [0.5, 0.6) is 0 Å². The molecule has 2 atom stereocenters. The molecule has 1 aliphatic carbocycles. The number of aromatic amines is 1. The highest BCUT2D eigenvalue weighted by molar-refractivity contribution is 6.05. The normalized spacial score (nSPS) is 21.1. The van der Waals surface area contributed by atoms with Crippen molar-refractivity contribution in [3.63, 3.8) is 0 Å². The maximum atomic E-state index is 13.2. The molecule has 5 rings (SSSR count). The number of rotatable bonds is 1. The third-order valence-corrected chi connectivity index (χ3v) is 5.87. The summed E-state index contributed by atoms with van der Waals surface area (Å²) in [5, 5.41) is 0.967. The smallest absolute Gasteiger partial charge is 0.256 e. The van der Waals surface area contributed by atoms with Gasteiger partial charge in [0, 0.05) is 36.2 Å². The Morgan fingerprint density at radius 2 is 2.07 bits per heavy atom. The third-order valence-electron chi connectivity index (χ3n) is 5.87. The van der Waals surface area contributed by atoms with E-state index in [-0.39, 0.29) is 17.4 Å². The first kappa shape index (κ1) is 16.2. The maximum Gasteiger partial charge on any atom is 0.256 e. The topological polar surface area (TPSA) is 79.0 Å². The molecule has 0 unspecified atom stereocenters. The Bertz CT molecular complexity index is 1120. The van der Waals surface area contributed by atoms with Gasteiger partial charge in [-0.2, -0.15) is 0 Å². The van der Waals surface area contributed by atoms with E-state index in [0.717, 1.165) is 35.0 Å². The van der Waals surface area contributed by atoms with E-state index in [1.54, 1.807) is 6.20 Å². The largest absolute Gasteiger partial charge is 0.338 e. The molecule has 0 bridgehead atoms. The fourth-order valence-electron chi connectivity index (χ4n) is 4.60. The van der Waals surface area contributed by atoms with Crippen LogP contribution in [0.15, 0.2) is 41.3 Å². The molecular weight excluding hydrogens is 340 g/mol. The van der Waals surface area contributed by atoms with Crippen molar-refractivity contribution in [2.75, 3.05) is 13.1 Å². The summed E-state index contributed by atoms with van der Waals surface area (Å²) in [5.74, 6) is 1.15. The number of hydrogen-bond acceptors (Lipinski definition) is 4. The van der Waals surface area contributed by atoms with Crippen LogP contribution in [0, 0.1) is 12.8 Å². The molecule has 27 heavy (non-hydrogen) atoms. The van der Waals surface area contributed by atoms with E-state index >= 15 is 0 Å². The first-order chi connectivity index (χ1) is 13.1. The molecule has 0 spiro atoms. The van der Waals surface area contributed by atoms with Crippen molar-refractivity contribution in [1.82, 2.24) is 19.9 Å². The van der Waals surface area contributed by atoms with Crippen molar-refractivity contribution in [2.45, 2.75) is 25.7 Å².